The Balaban J connectivity index is 2.64. The largest absolute Gasteiger partial charge is 0.382 e. The molecule has 1 atom stereocenters. The zero-order chi connectivity index (χ0) is 11.4. The maximum atomic E-state index is 5.88. The fraction of sp³-hybridized carbons (Fsp3) is 0.500. The lowest BCUT2D eigenvalue weighted by Gasteiger charge is -2.18. The van der Waals surface area contributed by atoms with Gasteiger partial charge in [0.25, 0.3) is 0 Å². The normalized spacial score (nSPS) is 12.9. The summed E-state index contributed by atoms with van der Waals surface area (Å²) >= 11 is 9.37. The number of hydrogen-bond donors (Lipinski definition) is 1. The van der Waals surface area contributed by atoms with Gasteiger partial charge in [-0.25, -0.2) is 0 Å². The van der Waals surface area contributed by atoms with Gasteiger partial charge in [-0.2, -0.15) is 0 Å². The molecule has 84 valence electrons. The molecule has 0 saturated carbocycles. The summed E-state index contributed by atoms with van der Waals surface area (Å²) in [7, 11) is 0. The molecule has 0 fully saturated rings. The molecule has 3 heteroatoms. The number of nitrogens with one attached hydrogen (secondary N) is 1. The van der Waals surface area contributed by atoms with Crippen LogP contribution in [0.1, 0.15) is 27.2 Å². The summed E-state index contributed by atoms with van der Waals surface area (Å²) in [6.07, 6.45) is 1.16. The smallest absolute Gasteiger partial charge is 0.0487 e. The summed E-state index contributed by atoms with van der Waals surface area (Å²) in [6, 6.07) is 6.29. The third kappa shape index (κ3) is 4.43. The molecule has 0 aliphatic carbocycles. The number of anilines is 1. The van der Waals surface area contributed by atoms with Crippen LogP contribution >= 0.6 is 27.5 Å². The van der Waals surface area contributed by atoms with Gasteiger partial charge in [-0.3, -0.25) is 0 Å². The standard InChI is InChI=1S/C12H17BrClN/c1-8(2)6-9(3)15-12-5-4-10(14)7-11(12)13/h4-5,7-9,15H,6H2,1-3H3. The highest BCUT2D eigenvalue weighted by Gasteiger charge is 2.07. The zero-order valence-electron chi connectivity index (χ0n) is 9.35. The molecule has 1 aromatic rings. The van der Waals surface area contributed by atoms with Crippen molar-refractivity contribution in [1.29, 1.82) is 0 Å². The van der Waals surface area contributed by atoms with E-state index in [4.69, 9.17) is 11.6 Å². The van der Waals surface area contributed by atoms with E-state index >= 15 is 0 Å². The first-order valence-corrected chi connectivity index (χ1v) is 6.37. The van der Waals surface area contributed by atoms with Crippen LogP contribution < -0.4 is 5.32 Å². The van der Waals surface area contributed by atoms with E-state index in [9.17, 15) is 0 Å². The second-order valence-electron chi connectivity index (χ2n) is 4.30. The highest BCUT2D eigenvalue weighted by atomic mass is 79.9. The maximum Gasteiger partial charge on any atom is 0.0487 e. The van der Waals surface area contributed by atoms with Crippen LogP contribution in [0, 0.1) is 5.92 Å². The van der Waals surface area contributed by atoms with Crippen molar-refractivity contribution in [3.05, 3.63) is 27.7 Å². The maximum absolute atomic E-state index is 5.88. The molecule has 0 aliphatic heterocycles. The van der Waals surface area contributed by atoms with Crippen LogP contribution in [0.2, 0.25) is 5.02 Å². The van der Waals surface area contributed by atoms with Crippen molar-refractivity contribution in [3.8, 4) is 0 Å². The van der Waals surface area contributed by atoms with E-state index in [2.05, 4.69) is 42.0 Å². The third-order valence-electron chi connectivity index (χ3n) is 2.16. The van der Waals surface area contributed by atoms with Gasteiger partial charge in [-0.1, -0.05) is 25.4 Å². The van der Waals surface area contributed by atoms with Crippen molar-refractivity contribution in [3.63, 3.8) is 0 Å². The summed E-state index contributed by atoms with van der Waals surface area (Å²) in [5.41, 5.74) is 1.10. The Morgan fingerprint density at radius 3 is 2.53 bits per heavy atom. The fourth-order valence-electron chi connectivity index (χ4n) is 1.64. The summed E-state index contributed by atoms with van der Waals surface area (Å²) in [5.74, 6) is 0.707. The topological polar surface area (TPSA) is 12.0 Å². The van der Waals surface area contributed by atoms with Crippen molar-refractivity contribution < 1.29 is 0 Å². The van der Waals surface area contributed by atoms with Crippen LogP contribution in [0.3, 0.4) is 0 Å². The van der Waals surface area contributed by atoms with E-state index < -0.39 is 0 Å². The van der Waals surface area contributed by atoms with Crippen molar-refractivity contribution in [2.24, 2.45) is 5.92 Å². The molecule has 0 aliphatic rings. The van der Waals surface area contributed by atoms with E-state index in [0.29, 0.717) is 12.0 Å². The predicted octanol–water partition coefficient (Wildman–Crippen LogP) is 4.95. The number of hydrogen-bond acceptors (Lipinski definition) is 1. The molecule has 1 nitrogen and oxygen atoms in total. The first-order chi connectivity index (χ1) is 6.99. The third-order valence-corrected chi connectivity index (χ3v) is 3.05. The predicted molar refractivity (Wildman–Crippen MR) is 71.7 cm³/mol. The Bertz CT molecular complexity index is 325. The van der Waals surface area contributed by atoms with Crippen LogP contribution in [-0.2, 0) is 0 Å². The monoisotopic (exact) mass is 289 g/mol. The molecule has 1 aromatic carbocycles. The Labute approximate surface area is 105 Å². The van der Waals surface area contributed by atoms with Gasteiger partial charge < -0.3 is 5.32 Å². The minimum absolute atomic E-state index is 0.475. The Hall–Kier alpha value is -0.210. The molecule has 0 spiro atoms. The van der Waals surface area contributed by atoms with Crippen LogP contribution in [0.15, 0.2) is 22.7 Å². The molecule has 0 amide bonds. The van der Waals surface area contributed by atoms with Crippen LogP contribution in [-0.4, -0.2) is 6.04 Å². The van der Waals surface area contributed by atoms with Crippen LogP contribution in [0.25, 0.3) is 0 Å². The second kappa shape index (κ2) is 5.76. The Kier molecular flexibility index (Phi) is 4.94. The average Bonchev–Trinajstić information content (AvgIpc) is 2.08. The summed E-state index contributed by atoms with van der Waals surface area (Å²) < 4.78 is 1.02. The van der Waals surface area contributed by atoms with Gasteiger partial charge in [0.05, 0.1) is 0 Å². The van der Waals surface area contributed by atoms with Crippen molar-refractivity contribution in [2.45, 2.75) is 33.2 Å². The first kappa shape index (κ1) is 12.9. The minimum Gasteiger partial charge on any atom is -0.382 e. The molecule has 1 unspecified atom stereocenters. The quantitative estimate of drug-likeness (QED) is 0.827. The molecular weight excluding hydrogens is 273 g/mol. The molecule has 1 rings (SSSR count). The van der Waals surface area contributed by atoms with Gasteiger partial charge in [-0.05, 0) is 53.4 Å². The summed E-state index contributed by atoms with van der Waals surface area (Å²) in [5, 5.41) is 4.22. The molecule has 0 radical (unpaired) electrons. The highest BCUT2D eigenvalue weighted by Crippen LogP contribution is 2.27. The minimum atomic E-state index is 0.475. The zero-order valence-corrected chi connectivity index (χ0v) is 11.7. The van der Waals surface area contributed by atoms with E-state index in [1.165, 1.54) is 0 Å². The lowest BCUT2D eigenvalue weighted by atomic mass is 10.1. The van der Waals surface area contributed by atoms with Gasteiger partial charge in [0.15, 0.2) is 0 Å². The lowest BCUT2D eigenvalue weighted by Crippen LogP contribution is -2.17. The molecule has 0 aromatic heterocycles. The van der Waals surface area contributed by atoms with Crippen LogP contribution in [0.4, 0.5) is 5.69 Å². The average molecular weight is 291 g/mol. The van der Waals surface area contributed by atoms with Gasteiger partial charge in [0.2, 0.25) is 0 Å². The molecule has 0 heterocycles. The first-order valence-electron chi connectivity index (χ1n) is 5.20. The Morgan fingerprint density at radius 2 is 2.00 bits per heavy atom. The highest BCUT2D eigenvalue weighted by molar-refractivity contribution is 9.10. The molecule has 0 bridgehead atoms. The fourth-order valence-corrected chi connectivity index (χ4v) is 2.44. The number of benzene rings is 1. The molecular formula is C12H17BrClN. The number of halogens is 2. The second-order valence-corrected chi connectivity index (χ2v) is 5.59. The molecule has 15 heavy (non-hydrogen) atoms. The van der Waals surface area contributed by atoms with Gasteiger partial charge >= 0.3 is 0 Å². The number of rotatable bonds is 4. The van der Waals surface area contributed by atoms with Crippen molar-refractivity contribution in [1.82, 2.24) is 0 Å². The SMILES string of the molecule is CC(C)CC(C)Nc1ccc(Cl)cc1Br. The van der Waals surface area contributed by atoms with Gasteiger partial charge in [-0.15, -0.1) is 0 Å². The molecule has 1 N–H and O–H groups in total. The molecule has 0 saturated heterocycles. The van der Waals surface area contributed by atoms with Gasteiger partial charge in [0, 0.05) is 21.2 Å². The van der Waals surface area contributed by atoms with E-state index in [1.54, 1.807) is 0 Å². The van der Waals surface area contributed by atoms with Crippen molar-refractivity contribution >= 4 is 33.2 Å². The lowest BCUT2D eigenvalue weighted by molar-refractivity contribution is 0.539. The van der Waals surface area contributed by atoms with Crippen molar-refractivity contribution in [2.75, 3.05) is 5.32 Å². The Morgan fingerprint density at radius 1 is 1.33 bits per heavy atom. The van der Waals surface area contributed by atoms with Crippen LogP contribution in [0.5, 0.6) is 0 Å². The van der Waals surface area contributed by atoms with E-state index in [1.807, 2.05) is 18.2 Å². The van der Waals surface area contributed by atoms with Gasteiger partial charge in [0.1, 0.15) is 0 Å². The van der Waals surface area contributed by atoms with E-state index in [-0.39, 0.29) is 0 Å². The summed E-state index contributed by atoms with van der Waals surface area (Å²) in [4.78, 5) is 0. The van der Waals surface area contributed by atoms with E-state index in [0.717, 1.165) is 21.6 Å². The summed E-state index contributed by atoms with van der Waals surface area (Å²) in [6.45, 7) is 6.66.